The van der Waals surface area contributed by atoms with Crippen LogP contribution in [0.4, 0.5) is 14.5 Å². The first-order valence-corrected chi connectivity index (χ1v) is 7.65. The maximum absolute atomic E-state index is 12.5. The van der Waals surface area contributed by atoms with Crippen LogP contribution in [0.5, 0.6) is 0 Å². The first kappa shape index (κ1) is 13.2. The molecule has 0 spiro atoms. The molecule has 1 aliphatic heterocycles. The first-order valence-electron chi connectivity index (χ1n) is 6.77. The normalized spacial score (nSPS) is 24.1. The third-order valence-corrected chi connectivity index (χ3v) is 4.53. The lowest BCUT2D eigenvalue weighted by molar-refractivity contribution is 0.252. The van der Waals surface area contributed by atoms with Gasteiger partial charge in [0.05, 0.1) is 0 Å². The number of benzene rings is 1. The molecular formula is C14H18F2N2S. The van der Waals surface area contributed by atoms with Crippen molar-refractivity contribution in [2.45, 2.75) is 42.0 Å². The molecular weight excluding hydrogens is 266 g/mol. The SMILES string of the molecule is FC(F)Sc1ccccc1NC1CCN(C2CC2)C1. The molecule has 2 fully saturated rings. The quantitative estimate of drug-likeness (QED) is 0.831. The maximum atomic E-state index is 12.5. The van der Waals surface area contributed by atoms with Gasteiger partial charge in [-0.05, 0) is 31.4 Å². The van der Waals surface area contributed by atoms with E-state index < -0.39 is 5.76 Å². The second-order valence-corrected chi connectivity index (χ2v) is 6.26. The summed E-state index contributed by atoms with van der Waals surface area (Å²) >= 11 is 0.618. The molecule has 1 saturated carbocycles. The van der Waals surface area contributed by atoms with Gasteiger partial charge in [-0.15, -0.1) is 0 Å². The Balaban J connectivity index is 1.62. The Morgan fingerprint density at radius 3 is 2.74 bits per heavy atom. The van der Waals surface area contributed by atoms with Crippen LogP contribution in [0, 0.1) is 0 Å². The van der Waals surface area contributed by atoms with E-state index in [1.807, 2.05) is 12.1 Å². The van der Waals surface area contributed by atoms with E-state index >= 15 is 0 Å². The molecule has 1 aromatic carbocycles. The molecule has 1 N–H and O–H groups in total. The molecule has 2 nitrogen and oxygen atoms in total. The van der Waals surface area contributed by atoms with Gasteiger partial charge in [-0.1, -0.05) is 23.9 Å². The molecule has 1 unspecified atom stereocenters. The highest BCUT2D eigenvalue weighted by molar-refractivity contribution is 7.99. The zero-order valence-electron chi connectivity index (χ0n) is 10.7. The van der Waals surface area contributed by atoms with E-state index in [4.69, 9.17) is 0 Å². The van der Waals surface area contributed by atoms with Crippen molar-refractivity contribution in [3.05, 3.63) is 24.3 Å². The monoisotopic (exact) mass is 284 g/mol. The number of para-hydroxylation sites is 1. The molecule has 19 heavy (non-hydrogen) atoms. The largest absolute Gasteiger partial charge is 0.380 e. The summed E-state index contributed by atoms with van der Waals surface area (Å²) in [4.78, 5) is 3.16. The predicted molar refractivity (Wildman–Crippen MR) is 74.9 cm³/mol. The third kappa shape index (κ3) is 3.39. The molecule has 1 aliphatic carbocycles. The average Bonchev–Trinajstić information content (AvgIpc) is 3.12. The van der Waals surface area contributed by atoms with Gasteiger partial charge in [0.2, 0.25) is 0 Å². The Kier molecular flexibility index (Phi) is 3.93. The highest BCUT2D eigenvalue weighted by atomic mass is 32.2. The first-order chi connectivity index (χ1) is 9.22. The Labute approximate surface area is 116 Å². The molecule has 2 aliphatic rings. The number of thioether (sulfide) groups is 1. The number of anilines is 1. The van der Waals surface area contributed by atoms with E-state index in [0.29, 0.717) is 22.7 Å². The fourth-order valence-electron chi connectivity index (χ4n) is 2.68. The number of rotatable bonds is 5. The van der Waals surface area contributed by atoms with Crippen molar-refractivity contribution >= 4 is 17.4 Å². The molecule has 104 valence electrons. The van der Waals surface area contributed by atoms with Gasteiger partial charge in [-0.2, -0.15) is 8.78 Å². The van der Waals surface area contributed by atoms with Crippen LogP contribution in [0.2, 0.25) is 0 Å². The number of nitrogens with one attached hydrogen (secondary N) is 1. The smallest absolute Gasteiger partial charge is 0.288 e. The van der Waals surface area contributed by atoms with Crippen molar-refractivity contribution in [1.82, 2.24) is 4.90 Å². The van der Waals surface area contributed by atoms with E-state index in [9.17, 15) is 8.78 Å². The van der Waals surface area contributed by atoms with Crippen molar-refractivity contribution < 1.29 is 8.78 Å². The van der Waals surface area contributed by atoms with E-state index in [-0.39, 0.29) is 0 Å². The summed E-state index contributed by atoms with van der Waals surface area (Å²) < 4.78 is 25.0. The zero-order valence-corrected chi connectivity index (χ0v) is 11.5. The van der Waals surface area contributed by atoms with Crippen LogP contribution in [0.15, 0.2) is 29.2 Å². The Bertz CT molecular complexity index is 437. The van der Waals surface area contributed by atoms with Crippen LogP contribution in [-0.4, -0.2) is 35.8 Å². The topological polar surface area (TPSA) is 15.3 Å². The number of halogens is 2. The van der Waals surface area contributed by atoms with Crippen molar-refractivity contribution in [1.29, 1.82) is 0 Å². The van der Waals surface area contributed by atoms with Gasteiger partial charge in [-0.3, -0.25) is 4.90 Å². The predicted octanol–water partition coefficient (Wildman–Crippen LogP) is 3.65. The summed E-state index contributed by atoms with van der Waals surface area (Å²) in [6, 6.07) is 8.53. The third-order valence-electron chi connectivity index (χ3n) is 3.75. The molecule has 3 rings (SSSR count). The van der Waals surface area contributed by atoms with Crippen LogP contribution in [0.25, 0.3) is 0 Å². The number of hydrogen-bond donors (Lipinski definition) is 1. The summed E-state index contributed by atoms with van der Waals surface area (Å²) in [7, 11) is 0. The molecule has 5 heteroatoms. The van der Waals surface area contributed by atoms with E-state index in [1.54, 1.807) is 12.1 Å². The molecule has 0 bridgehead atoms. The van der Waals surface area contributed by atoms with Gasteiger partial charge in [-0.25, -0.2) is 0 Å². The molecule has 0 radical (unpaired) electrons. The fourth-order valence-corrected chi connectivity index (χ4v) is 3.28. The maximum Gasteiger partial charge on any atom is 0.288 e. The molecule has 1 atom stereocenters. The number of likely N-dealkylation sites (tertiary alicyclic amines) is 1. The van der Waals surface area contributed by atoms with Gasteiger partial charge >= 0.3 is 0 Å². The number of hydrogen-bond acceptors (Lipinski definition) is 3. The fraction of sp³-hybridized carbons (Fsp3) is 0.571. The van der Waals surface area contributed by atoms with Crippen LogP contribution >= 0.6 is 11.8 Å². The van der Waals surface area contributed by atoms with Crippen LogP contribution in [-0.2, 0) is 0 Å². The summed E-state index contributed by atoms with van der Waals surface area (Å²) in [5.41, 5.74) is 0.843. The van der Waals surface area contributed by atoms with E-state index in [2.05, 4.69) is 10.2 Å². The standard InChI is InChI=1S/C14H18F2N2S/c15-14(16)19-13-4-2-1-3-12(13)17-10-7-8-18(9-10)11-5-6-11/h1-4,10-11,14,17H,5-9H2. The number of alkyl halides is 2. The van der Waals surface area contributed by atoms with Gasteiger partial charge in [0.15, 0.2) is 0 Å². The lowest BCUT2D eigenvalue weighted by atomic mass is 10.2. The van der Waals surface area contributed by atoms with Crippen molar-refractivity contribution in [2.75, 3.05) is 18.4 Å². The number of nitrogens with zero attached hydrogens (tertiary/aromatic N) is 1. The van der Waals surface area contributed by atoms with Gasteiger partial charge in [0.25, 0.3) is 5.76 Å². The average molecular weight is 284 g/mol. The second kappa shape index (κ2) is 5.67. The minimum absolute atomic E-state index is 0.389. The molecule has 1 saturated heterocycles. The minimum atomic E-state index is -2.37. The van der Waals surface area contributed by atoms with Gasteiger partial charge in [0.1, 0.15) is 0 Å². The second-order valence-electron chi connectivity index (χ2n) is 5.23. The van der Waals surface area contributed by atoms with Crippen molar-refractivity contribution in [3.63, 3.8) is 0 Å². The van der Waals surface area contributed by atoms with Crippen molar-refractivity contribution in [2.24, 2.45) is 0 Å². The summed E-state index contributed by atoms with van der Waals surface area (Å²) in [6.45, 7) is 2.17. The van der Waals surface area contributed by atoms with Crippen LogP contribution < -0.4 is 5.32 Å². The lowest BCUT2D eigenvalue weighted by Gasteiger charge is -2.18. The van der Waals surface area contributed by atoms with Crippen LogP contribution in [0.3, 0.4) is 0 Å². The summed E-state index contributed by atoms with van der Waals surface area (Å²) in [5, 5.41) is 3.43. The van der Waals surface area contributed by atoms with Crippen molar-refractivity contribution in [3.8, 4) is 0 Å². The molecule has 0 amide bonds. The molecule has 1 heterocycles. The highest BCUT2D eigenvalue weighted by Gasteiger charge is 2.34. The molecule has 1 aromatic rings. The lowest BCUT2D eigenvalue weighted by Crippen LogP contribution is -2.27. The van der Waals surface area contributed by atoms with E-state index in [0.717, 1.165) is 31.2 Å². The van der Waals surface area contributed by atoms with Gasteiger partial charge < -0.3 is 5.32 Å². The van der Waals surface area contributed by atoms with Crippen LogP contribution in [0.1, 0.15) is 19.3 Å². The highest BCUT2D eigenvalue weighted by Crippen LogP contribution is 2.34. The summed E-state index contributed by atoms with van der Waals surface area (Å²) in [5.74, 6) is -2.37. The summed E-state index contributed by atoms with van der Waals surface area (Å²) in [6.07, 6.45) is 3.75. The Morgan fingerprint density at radius 1 is 1.21 bits per heavy atom. The molecule has 0 aromatic heterocycles. The van der Waals surface area contributed by atoms with Gasteiger partial charge in [0, 0.05) is 35.8 Å². The van der Waals surface area contributed by atoms with E-state index in [1.165, 1.54) is 12.8 Å². The Hall–Kier alpha value is -0.810. The minimum Gasteiger partial charge on any atom is -0.380 e. The Morgan fingerprint density at radius 2 is 2.00 bits per heavy atom. The zero-order chi connectivity index (χ0) is 13.2.